The van der Waals surface area contributed by atoms with Gasteiger partial charge in [-0.1, -0.05) is 6.92 Å². The van der Waals surface area contributed by atoms with Gasteiger partial charge in [-0.3, -0.25) is 0 Å². The molecular formula is C16H18N4O2. The Hall–Kier alpha value is -2.55. The number of aryl methyl sites for hydroxylation is 1. The van der Waals surface area contributed by atoms with E-state index >= 15 is 0 Å². The highest BCUT2D eigenvalue weighted by Gasteiger charge is 2.23. The van der Waals surface area contributed by atoms with Gasteiger partial charge in [-0.25, -0.2) is 4.98 Å². The van der Waals surface area contributed by atoms with Gasteiger partial charge in [0.15, 0.2) is 0 Å². The van der Waals surface area contributed by atoms with Crippen molar-refractivity contribution in [2.75, 3.05) is 18.0 Å². The first kappa shape index (κ1) is 14.4. The fraction of sp³-hybridized carbons (Fsp3) is 0.438. The van der Waals surface area contributed by atoms with Crippen LogP contribution in [-0.2, 0) is 6.42 Å². The van der Waals surface area contributed by atoms with Crippen LogP contribution in [0.25, 0.3) is 0 Å². The SMILES string of the molecule is CCc1coc(N2CCC(Oc3ccc(C#N)cn3)CC2)n1. The summed E-state index contributed by atoms with van der Waals surface area (Å²) in [7, 11) is 0. The Morgan fingerprint density at radius 1 is 1.41 bits per heavy atom. The molecule has 3 rings (SSSR count). The minimum absolute atomic E-state index is 0.136. The first-order valence-corrected chi connectivity index (χ1v) is 7.50. The summed E-state index contributed by atoms with van der Waals surface area (Å²) in [5.74, 6) is 0.571. The standard InChI is InChI=1S/C16H18N4O2/c1-2-13-11-21-16(19-13)20-7-5-14(6-8-20)22-15-4-3-12(9-17)10-18-15/h3-4,10-11,14H,2,5-8H2,1H3. The smallest absolute Gasteiger partial charge is 0.297 e. The van der Waals surface area contributed by atoms with Crippen LogP contribution in [0.1, 0.15) is 31.0 Å². The number of anilines is 1. The Morgan fingerprint density at radius 3 is 2.82 bits per heavy atom. The summed E-state index contributed by atoms with van der Waals surface area (Å²) in [6, 6.07) is 6.21. The predicted octanol–water partition coefficient (Wildman–Crippen LogP) is 2.55. The molecule has 0 aliphatic carbocycles. The van der Waals surface area contributed by atoms with Gasteiger partial charge >= 0.3 is 0 Å². The van der Waals surface area contributed by atoms with Crippen molar-refractivity contribution < 1.29 is 9.15 Å². The predicted molar refractivity (Wildman–Crippen MR) is 80.7 cm³/mol. The van der Waals surface area contributed by atoms with Crippen LogP contribution in [0.3, 0.4) is 0 Å². The molecule has 2 aromatic heterocycles. The zero-order chi connectivity index (χ0) is 15.4. The summed E-state index contributed by atoms with van der Waals surface area (Å²) < 4.78 is 11.4. The molecule has 2 aromatic rings. The molecule has 1 aliphatic rings. The molecule has 114 valence electrons. The monoisotopic (exact) mass is 298 g/mol. The van der Waals surface area contributed by atoms with Crippen LogP contribution in [0.15, 0.2) is 29.0 Å². The molecule has 1 aliphatic heterocycles. The van der Waals surface area contributed by atoms with E-state index in [0.29, 0.717) is 17.5 Å². The number of aromatic nitrogens is 2. The van der Waals surface area contributed by atoms with Gasteiger partial charge in [-0.05, 0) is 12.5 Å². The number of pyridine rings is 1. The lowest BCUT2D eigenvalue weighted by Gasteiger charge is -2.30. The topological polar surface area (TPSA) is 75.2 Å². The van der Waals surface area contributed by atoms with Crippen molar-refractivity contribution in [2.45, 2.75) is 32.3 Å². The molecular weight excluding hydrogens is 280 g/mol. The van der Waals surface area contributed by atoms with Crippen molar-refractivity contribution in [2.24, 2.45) is 0 Å². The van der Waals surface area contributed by atoms with Crippen LogP contribution >= 0.6 is 0 Å². The molecule has 0 N–H and O–H groups in total. The normalized spacial score (nSPS) is 15.5. The van der Waals surface area contributed by atoms with Crippen LogP contribution in [0.5, 0.6) is 5.88 Å². The molecule has 0 spiro atoms. The molecule has 6 heteroatoms. The van der Waals surface area contributed by atoms with Crippen molar-refractivity contribution in [3.05, 3.63) is 35.9 Å². The minimum Gasteiger partial charge on any atom is -0.474 e. The molecule has 3 heterocycles. The second kappa shape index (κ2) is 6.48. The number of hydrogen-bond donors (Lipinski definition) is 0. The number of nitrogens with zero attached hydrogens (tertiary/aromatic N) is 4. The van der Waals surface area contributed by atoms with Gasteiger partial charge < -0.3 is 14.1 Å². The number of nitriles is 1. The third kappa shape index (κ3) is 3.19. The quantitative estimate of drug-likeness (QED) is 0.863. The Bertz CT molecular complexity index is 652. The van der Waals surface area contributed by atoms with Crippen molar-refractivity contribution in [1.82, 2.24) is 9.97 Å². The van der Waals surface area contributed by atoms with Gasteiger partial charge in [0.2, 0.25) is 5.88 Å². The van der Waals surface area contributed by atoms with E-state index in [4.69, 9.17) is 14.4 Å². The van der Waals surface area contributed by atoms with E-state index in [2.05, 4.69) is 21.8 Å². The molecule has 0 aromatic carbocycles. The molecule has 0 radical (unpaired) electrons. The van der Waals surface area contributed by atoms with Gasteiger partial charge in [0.1, 0.15) is 18.4 Å². The lowest BCUT2D eigenvalue weighted by Crippen LogP contribution is -2.38. The molecule has 1 saturated heterocycles. The maximum atomic E-state index is 8.76. The Kier molecular flexibility index (Phi) is 4.24. The highest BCUT2D eigenvalue weighted by atomic mass is 16.5. The first-order valence-electron chi connectivity index (χ1n) is 7.50. The summed E-state index contributed by atoms with van der Waals surface area (Å²) in [6.07, 6.45) is 6.06. The van der Waals surface area contributed by atoms with E-state index in [0.717, 1.165) is 38.0 Å². The Morgan fingerprint density at radius 2 is 2.23 bits per heavy atom. The van der Waals surface area contributed by atoms with Crippen LogP contribution in [-0.4, -0.2) is 29.2 Å². The van der Waals surface area contributed by atoms with E-state index < -0.39 is 0 Å². The molecule has 0 saturated carbocycles. The van der Waals surface area contributed by atoms with E-state index in [-0.39, 0.29) is 6.10 Å². The average Bonchev–Trinajstić information content (AvgIpc) is 3.05. The Labute approximate surface area is 129 Å². The number of hydrogen-bond acceptors (Lipinski definition) is 6. The summed E-state index contributed by atoms with van der Waals surface area (Å²) in [5.41, 5.74) is 1.52. The summed E-state index contributed by atoms with van der Waals surface area (Å²) >= 11 is 0. The van der Waals surface area contributed by atoms with Crippen LogP contribution in [0, 0.1) is 11.3 Å². The zero-order valence-electron chi connectivity index (χ0n) is 12.5. The second-order valence-electron chi connectivity index (χ2n) is 5.28. The maximum absolute atomic E-state index is 8.76. The fourth-order valence-corrected chi connectivity index (χ4v) is 2.46. The molecule has 0 unspecified atom stereocenters. The van der Waals surface area contributed by atoms with E-state index in [9.17, 15) is 0 Å². The molecule has 22 heavy (non-hydrogen) atoms. The molecule has 0 bridgehead atoms. The number of oxazole rings is 1. The van der Waals surface area contributed by atoms with Crippen LogP contribution < -0.4 is 9.64 Å². The van der Waals surface area contributed by atoms with Crippen molar-refractivity contribution in [3.63, 3.8) is 0 Å². The van der Waals surface area contributed by atoms with Gasteiger partial charge in [-0.2, -0.15) is 10.2 Å². The number of piperidine rings is 1. The van der Waals surface area contributed by atoms with E-state index in [1.54, 1.807) is 18.4 Å². The highest BCUT2D eigenvalue weighted by molar-refractivity contribution is 5.29. The van der Waals surface area contributed by atoms with E-state index in [1.165, 1.54) is 6.20 Å². The molecule has 1 fully saturated rings. The largest absolute Gasteiger partial charge is 0.474 e. The molecule has 6 nitrogen and oxygen atoms in total. The lowest BCUT2D eigenvalue weighted by molar-refractivity contribution is 0.162. The fourth-order valence-electron chi connectivity index (χ4n) is 2.46. The van der Waals surface area contributed by atoms with Crippen LogP contribution in [0.2, 0.25) is 0 Å². The average molecular weight is 298 g/mol. The maximum Gasteiger partial charge on any atom is 0.297 e. The van der Waals surface area contributed by atoms with Gasteiger partial charge in [-0.15, -0.1) is 0 Å². The van der Waals surface area contributed by atoms with Crippen molar-refractivity contribution in [3.8, 4) is 11.9 Å². The summed E-state index contributed by atoms with van der Waals surface area (Å²) in [5, 5.41) is 8.76. The third-order valence-electron chi connectivity index (χ3n) is 3.77. The summed E-state index contributed by atoms with van der Waals surface area (Å²) in [6.45, 7) is 3.77. The van der Waals surface area contributed by atoms with Gasteiger partial charge in [0, 0.05) is 38.2 Å². The van der Waals surface area contributed by atoms with Gasteiger partial charge in [0.05, 0.1) is 11.3 Å². The lowest BCUT2D eigenvalue weighted by atomic mass is 10.1. The van der Waals surface area contributed by atoms with Gasteiger partial charge in [0.25, 0.3) is 6.01 Å². The Balaban J connectivity index is 1.54. The number of rotatable bonds is 4. The van der Waals surface area contributed by atoms with Crippen LogP contribution in [0.4, 0.5) is 6.01 Å². The first-order chi connectivity index (χ1) is 10.8. The zero-order valence-corrected chi connectivity index (χ0v) is 12.5. The minimum atomic E-state index is 0.136. The second-order valence-corrected chi connectivity index (χ2v) is 5.28. The van der Waals surface area contributed by atoms with Crippen molar-refractivity contribution in [1.29, 1.82) is 5.26 Å². The molecule has 0 amide bonds. The third-order valence-corrected chi connectivity index (χ3v) is 3.77. The van der Waals surface area contributed by atoms with E-state index in [1.807, 2.05) is 6.07 Å². The van der Waals surface area contributed by atoms with Crippen molar-refractivity contribution >= 4 is 6.01 Å². The number of ether oxygens (including phenoxy) is 1. The highest BCUT2D eigenvalue weighted by Crippen LogP contribution is 2.22. The summed E-state index contributed by atoms with van der Waals surface area (Å²) in [4.78, 5) is 10.7. The molecule has 0 atom stereocenters.